The molecule has 1 heterocycles. The predicted octanol–water partition coefficient (Wildman–Crippen LogP) is 1.18. The van der Waals surface area contributed by atoms with Gasteiger partial charge in [0.05, 0.1) is 0 Å². The number of aldehydes is 1. The van der Waals surface area contributed by atoms with Crippen LogP contribution >= 0.6 is 0 Å². The summed E-state index contributed by atoms with van der Waals surface area (Å²) in [5.41, 5.74) is 1.28. The number of aromatic nitrogens is 2. The fraction of sp³-hybridized carbons (Fsp3) is 0.500. The van der Waals surface area contributed by atoms with Crippen LogP contribution in [0.5, 0.6) is 0 Å². The van der Waals surface area contributed by atoms with E-state index in [0.29, 0.717) is 18.1 Å². The maximum atomic E-state index is 10.5. The average molecular weight is 194 g/mol. The highest BCUT2D eigenvalue weighted by Gasteiger charge is 2.01. The van der Waals surface area contributed by atoms with Crippen LogP contribution in [0.2, 0.25) is 0 Å². The Morgan fingerprint density at radius 2 is 2.29 bits per heavy atom. The van der Waals surface area contributed by atoms with Crippen LogP contribution in [0.15, 0.2) is 6.07 Å². The van der Waals surface area contributed by atoms with Crippen molar-refractivity contribution in [1.82, 2.24) is 9.97 Å². The molecule has 0 unspecified atom stereocenters. The molecule has 0 aliphatic heterocycles. The van der Waals surface area contributed by atoms with Gasteiger partial charge in [-0.2, -0.15) is 0 Å². The van der Waals surface area contributed by atoms with Crippen LogP contribution in [-0.4, -0.2) is 30.0 Å². The lowest BCUT2D eigenvalue weighted by Crippen LogP contribution is -2.02. The van der Waals surface area contributed by atoms with Crippen molar-refractivity contribution in [2.45, 2.75) is 19.8 Å². The number of methoxy groups -OCH3 is 1. The number of hydrogen-bond acceptors (Lipinski definition) is 4. The van der Waals surface area contributed by atoms with E-state index in [4.69, 9.17) is 4.74 Å². The summed E-state index contributed by atoms with van der Waals surface area (Å²) in [5, 5.41) is 0. The van der Waals surface area contributed by atoms with E-state index in [0.717, 1.165) is 24.8 Å². The second-order valence-electron chi connectivity index (χ2n) is 3.06. The van der Waals surface area contributed by atoms with Crippen molar-refractivity contribution in [2.75, 3.05) is 13.7 Å². The first kappa shape index (κ1) is 10.8. The van der Waals surface area contributed by atoms with E-state index >= 15 is 0 Å². The van der Waals surface area contributed by atoms with Crippen LogP contribution in [0.1, 0.15) is 28.4 Å². The summed E-state index contributed by atoms with van der Waals surface area (Å²) < 4.78 is 4.93. The largest absolute Gasteiger partial charge is 0.385 e. The van der Waals surface area contributed by atoms with Crippen LogP contribution in [0.3, 0.4) is 0 Å². The van der Waals surface area contributed by atoms with E-state index in [-0.39, 0.29) is 0 Å². The zero-order chi connectivity index (χ0) is 10.4. The van der Waals surface area contributed by atoms with Gasteiger partial charge in [0.25, 0.3) is 0 Å². The van der Waals surface area contributed by atoms with E-state index in [1.807, 2.05) is 6.92 Å². The molecule has 0 aromatic carbocycles. The molecule has 0 N–H and O–H groups in total. The summed E-state index contributed by atoms with van der Waals surface area (Å²) >= 11 is 0. The topological polar surface area (TPSA) is 52.1 Å². The van der Waals surface area contributed by atoms with Gasteiger partial charge in [-0.25, -0.2) is 9.97 Å². The Balaban J connectivity index is 2.66. The molecule has 0 aliphatic rings. The normalized spacial score (nSPS) is 10.1. The van der Waals surface area contributed by atoms with Gasteiger partial charge in [-0.1, -0.05) is 0 Å². The lowest BCUT2D eigenvalue weighted by Gasteiger charge is -2.01. The molecule has 1 aromatic rings. The van der Waals surface area contributed by atoms with E-state index in [9.17, 15) is 4.79 Å². The predicted molar refractivity (Wildman–Crippen MR) is 52.4 cm³/mol. The van der Waals surface area contributed by atoms with Gasteiger partial charge in [0.15, 0.2) is 6.29 Å². The van der Waals surface area contributed by atoms with Gasteiger partial charge in [0.1, 0.15) is 11.5 Å². The number of carbonyl (C=O) groups excluding carboxylic acids is 1. The van der Waals surface area contributed by atoms with Gasteiger partial charge in [-0.3, -0.25) is 4.79 Å². The Morgan fingerprint density at radius 3 is 2.93 bits per heavy atom. The highest BCUT2D eigenvalue weighted by atomic mass is 16.5. The maximum absolute atomic E-state index is 10.5. The Morgan fingerprint density at radius 1 is 1.50 bits per heavy atom. The summed E-state index contributed by atoms with van der Waals surface area (Å²) in [6.07, 6.45) is 2.36. The molecule has 0 bridgehead atoms. The summed E-state index contributed by atoms with van der Waals surface area (Å²) in [6.45, 7) is 2.54. The molecule has 0 fully saturated rings. The van der Waals surface area contributed by atoms with Crippen molar-refractivity contribution in [3.63, 3.8) is 0 Å². The van der Waals surface area contributed by atoms with Crippen molar-refractivity contribution in [2.24, 2.45) is 0 Å². The molecule has 0 spiro atoms. The minimum atomic E-state index is 0.449. The molecule has 4 heteroatoms. The molecule has 1 rings (SSSR count). The number of nitrogens with zero attached hydrogens (tertiary/aromatic N) is 2. The first-order chi connectivity index (χ1) is 6.76. The first-order valence-corrected chi connectivity index (χ1v) is 4.55. The van der Waals surface area contributed by atoms with E-state index in [1.165, 1.54) is 0 Å². The smallest absolute Gasteiger partial charge is 0.168 e. The molecule has 0 saturated heterocycles. The van der Waals surface area contributed by atoms with E-state index < -0.39 is 0 Å². The van der Waals surface area contributed by atoms with Gasteiger partial charge < -0.3 is 4.74 Å². The Kier molecular flexibility index (Phi) is 4.19. The molecule has 0 atom stereocenters. The number of hydrogen-bond donors (Lipinski definition) is 0. The van der Waals surface area contributed by atoms with Crippen LogP contribution in [0, 0.1) is 6.92 Å². The van der Waals surface area contributed by atoms with E-state index in [2.05, 4.69) is 9.97 Å². The molecular weight excluding hydrogens is 180 g/mol. The summed E-state index contributed by atoms with van der Waals surface area (Å²) in [6, 6.07) is 1.67. The van der Waals surface area contributed by atoms with Gasteiger partial charge in [0.2, 0.25) is 0 Å². The Bertz CT molecular complexity index is 313. The van der Waals surface area contributed by atoms with Gasteiger partial charge in [-0.05, 0) is 19.4 Å². The lowest BCUT2D eigenvalue weighted by molar-refractivity contribution is 0.111. The minimum absolute atomic E-state index is 0.449. The number of ether oxygens (including phenoxy) is 1. The van der Waals surface area contributed by atoms with Crippen molar-refractivity contribution >= 4 is 6.29 Å². The van der Waals surface area contributed by atoms with Crippen LogP contribution < -0.4 is 0 Å². The average Bonchev–Trinajstić information content (AvgIpc) is 2.17. The van der Waals surface area contributed by atoms with Crippen LogP contribution in [0.25, 0.3) is 0 Å². The summed E-state index contributed by atoms with van der Waals surface area (Å²) in [5.74, 6) is 0.712. The number of rotatable bonds is 5. The molecule has 14 heavy (non-hydrogen) atoms. The number of aryl methyl sites for hydroxylation is 2. The molecule has 0 amide bonds. The highest BCUT2D eigenvalue weighted by molar-refractivity contribution is 5.71. The first-order valence-electron chi connectivity index (χ1n) is 4.55. The van der Waals surface area contributed by atoms with Gasteiger partial charge >= 0.3 is 0 Å². The van der Waals surface area contributed by atoms with Crippen molar-refractivity contribution in [1.29, 1.82) is 0 Å². The van der Waals surface area contributed by atoms with Gasteiger partial charge in [0, 0.05) is 25.8 Å². The second kappa shape index (κ2) is 5.44. The van der Waals surface area contributed by atoms with Crippen molar-refractivity contribution in [3.05, 3.63) is 23.3 Å². The molecule has 76 valence electrons. The van der Waals surface area contributed by atoms with Crippen LogP contribution in [-0.2, 0) is 11.2 Å². The summed E-state index contributed by atoms with van der Waals surface area (Å²) in [7, 11) is 1.66. The maximum Gasteiger partial charge on any atom is 0.168 e. The van der Waals surface area contributed by atoms with Crippen LogP contribution in [0.4, 0.5) is 0 Å². The molecule has 0 aliphatic carbocycles. The van der Waals surface area contributed by atoms with E-state index in [1.54, 1.807) is 13.2 Å². The SMILES string of the molecule is COCCCc1nc(C)cc(C=O)n1. The third kappa shape index (κ3) is 3.22. The Hall–Kier alpha value is -1.29. The minimum Gasteiger partial charge on any atom is -0.385 e. The highest BCUT2D eigenvalue weighted by Crippen LogP contribution is 2.01. The third-order valence-corrected chi connectivity index (χ3v) is 1.79. The lowest BCUT2D eigenvalue weighted by atomic mass is 10.3. The second-order valence-corrected chi connectivity index (χ2v) is 3.06. The zero-order valence-corrected chi connectivity index (χ0v) is 8.49. The molecule has 4 nitrogen and oxygen atoms in total. The molecule has 0 saturated carbocycles. The summed E-state index contributed by atoms with van der Waals surface area (Å²) in [4.78, 5) is 18.8. The third-order valence-electron chi connectivity index (χ3n) is 1.79. The fourth-order valence-corrected chi connectivity index (χ4v) is 1.20. The van der Waals surface area contributed by atoms with Crippen molar-refractivity contribution in [3.8, 4) is 0 Å². The van der Waals surface area contributed by atoms with Gasteiger partial charge in [-0.15, -0.1) is 0 Å². The molecular formula is C10H14N2O2. The molecule has 0 radical (unpaired) electrons. The van der Waals surface area contributed by atoms with Crippen molar-refractivity contribution < 1.29 is 9.53 Å². The zero-order valence-electron chi connectivity index (χ0n) is 8.49. The Labute approximate surface area is 83.3 Å². The monoisotopic (exact) mass is 194 g/mol. The number of carbonyl (C=O) groups is 1. The molecule has 1 aromatic heterocycles. The quantitative estimate of drug-likeness (QED) is 0.521. The standard InChI is InChI=1S/C10H14N2O2/c1-8-6-9(7-13)12-10(11-8)4-3-5-14-2/h6-7H,3-5H2,1-2H3. The fourth-order valence-electron chi connectivity index (χ4n) is 1.20.